The molecule has 0 aliphatic carbocycles. The van der Waals surface area contributed by atoms with Gasteiger partial charge in [-0.25, -0.2) is 14.4 Å². The van der Waals surface area contributed by atoms with Crippen LogP contribution in [0.5, 0.6) is 5.75 Å². The number of rotatable bonds is 5. The van der Waals surface area contributed by atoms with Crippen molar-refractivity contribution in [2.24, 2.45) is 0 Å². The van der Waals surface area contributed by atoms with Crippen LogP contribution in [-0.2, 0) is 19.5 Å². The van der Waals surface area contributed by atoms with Crippen molar-refractivity contribution in [1.82, 2.24) is 15.3 Å². The summed E-state index contributed by atoms with van der Waals surface area (Å²) in [5.74, 6) is -1.28. The molecule has 1 fully saturated rings. The van der Waals surface area contributed by atoms with Gasteiger partial charge in [0.05, 0.1) is 6.54 Å². The number of hydrogen-bond donors (Lipinski definition) is 3. The number of aliphatic carboxylic acids is 1. The number of amides is 3. The third kappa shape index (κ3) is 3.51. The zero-order valence-corrected chi connectivity index (χ0v) is 14.7. The quantitative estimate of drug-likeness (QED) is 0.594. The van der Waals surface area contributed by atoms with Gasteiger partial charge in [-0.2, -0.15) is 13.5 Å². The standard InChI is InChI=1S/C14H15N3O9S/c1-2-15-13(20)25-7-3-4-8-9(5-7)10-6-16(11(8)12(18)19)14(21)17(10)26-27(22,23)24/h3-5,10-11H,2,6H2,1H3,(H,15,20)(H,18,19)(H,22,23,24). The third-order valence-electron chi connectivity index (χ3n) is 4.05. The molecule has 2 aliphatic rings. The third-order valence-corrected chi connectivity index (χ3v) is 4.40. The molecule has 12 nitrogen and oxygen atoms in total. The van der Waals surface area contributed by atoms with Crippen molar-refractivity contribution in [3.05, 3.63) is 29.3 Å². The zero-order chi connectivity index (χ0) is 19.9. The predicted octanol–water partition coefficient (Wildman–Crippen LogP) is 0.447. The van der Waals surface area contributed by atoms with Crippen LogP contribution in [0.15, 0.2) is 18.2 Å². The van der Waals surface area contributed by atoms with Crippen LogP contribution >= 0.6 is 0 Å². The SMILES string of the molecule is CCNC(=O)Oc1ccc2c(c1)C1CN(C(=O)N1OS(=O)(=O)O)C2C(=O)O. The Balaban J connectivity index is 2.04. The van der Waals surface area contributed by atoms with Crippen molar-refractivity contribution in [3.8, 4) is 5.75 Å². The van der Waals surface area contributed by atoms with Gasteiger partial charge in [-0.3, -0.25) is 4.55 Å². The van der Waals surface area contributed by atoms with E-state index < -0.39 is 40.6 Å². The highest BCUT2D eigenvalue weighted by Gasteiger charge is 2.52. The molecule has 2 atom stereocenters. The van der Waals surface area contributed by atoms with Gasteiger partial charge in [-0.05, 0) is 30.2 Å². The van der Waals surface area contributed by atoms with E-state index in [0.29, 0.717) is 11.6 Å². The minimum absolute atomic E-state index is 0.0587. The molecule has 2 unspecified atom stereocenters. The molecule has 146 valence electrons. The van der Waals surface area contributed by atoms with E-state index in [4.69, 9.17) is 9.29 Å². The number of carboxylic acid groups (broad SMARTS) is 1. The summed E-state index contributed by atoms with van der Waals surface area (Å²) in [5.41, 5.74) is 0.423. The van der Waals surface area contributed by atoms with Gasteiger partial charge in [0.15, 0.2) is 6.04 Å². The van der Waals surface area contributed by atoms with Gasteiger partial charge in [0.2, 0.25) is 0 Å². The molecule has 0 spiro atoms. The maximum absolute atomic E-state index is 12.4. The minimum atomic E-state index is -5.02. The number of carboxylic acids is 1. The summed E-state index contributed by atoms with van der Waals surface area (Å²) >= 11 is 0. The Morgan fingerprint density at radius 2 is 2.04 bits per heavy atom. The first-order chi connectivity index (χ1) is 12.6. The molecule has 0 radical (unpaired) electrons. The number of benzene rings is 1. The summed E-state index contributed by atoms with van der Waals surface area (Å²) < 4.78 is 40.4. The first-order valence-electron chi connectivity index (χ1n) is 7.71. The smallest absolute Gasteiger partial charge is 0.418 e. The van der Waals surface area contributed by atoms with E-state index in [1.807, 2.05) is 0 Å². The Morgan fingerprint density at radius 3 is 2.63 bits per heavy atom. The molecular formula is C14H15N3O9S. The maximum atomic E-state index is 12.4. The lowest BCUT2D eigenvalue weighted by molar-refractivity contribution is -0.142. The molecule has 0 aromatic heterocycles. The van der Waals surface area contributed by atoms with E-state index in [0.717, 1.165) is 4.90 Å². The van der Waals surface area contributed by atoms with Crippen LogP contribution < -0.4 is 10.1 Å². The van der Waals surface area contributed by atoms with Crippen molar-refractivity contribution in [3.63, 3.8) is 0 Å². The molecule has 27 heavy (non-hydrogen) atoms. The summed E-state index contributed by atoms with van der Waals surface area (Å²) in [6, 6.07) is 0.592. The van der Waals surface area contributed by atoms with Crippen molar-refractivity contribution in [1.29, 1.82) is 0 Å². The number of hydrogen-bond acceptors (Lipinski definition) is 7. The van der Waals surface area contributed by atoms with E-state index >= 15 is 0 Å². The van der Waals surface area contributed by atoms with Crippen LogP contribution in [0, 0.1) is 0 Å². The molecule has 3 amide bonds. The van der Waals surface area contributed by atoms with Crippen LogP contribution in [0.2, 0.25) is 0 Å². The van der Waals surface area contributed by atoms with Crippen molar-refractivity contribution in [2.45, 2.75) is 19.0 Å². The summed E-state index contributed by atoms with van der Waals surface area (Å²) in [6.45, 7) is 1.82. The largest absolute Gasteiger partial charge is 0.479 e. The van der Waals surface area contributed by atoms with Crippen molar-refractivity contribution < 1.29 is 41.5 Å². The fraction of sp³-hybridized carbons (Fsp3) is 0.357. The second-order valence-corrected chi connectivity index (χ2v) is 6.73. The number of carbonyl (C=O) groups is 3. The van der Waals surface area contributed by atoms with Crippen LogP contribution in [0.25, 0.3) is 0 Å². The van der Waals surface area contributed by atoms with E-state index in [1.165, 1.54) is 18.2 Å². The highest BCUT2D eigenvalue weighted by atomic mass is 32.3. The first-order valence-corrected chi connectivity index (χ1v) is 9.08. The lowest BCUT2D eigenvalue weighted by atomic mass is 9.91. The highest BCUT2D eigenvalue weighted by Crippen LogP contribution is 2.45. The molecular weight excluding hydrogens is 386 g/mol. The van der Waals surface area contributed by atoms with E-state index in [9.17, 15) is 27.9 Å². The fourth-order valence-electron chi connectivity index (χ4n) is 3.10. The number of nitrogens with zero attached hydrogens (tertiary/aromatic N) is 2. The number of carbonyl (C=O) groups excluding carboxylic acids is 2. The molecule has 0 saturated carbocycles. The lowest BCUT2D eigenvalue weighted by Gasteiger charge is -2.30. The second kappa shape index (κ2) is 6.68. The lowest BCUT2D eigenvalue weighted by Crippen LogP contribution is -2.38. The van der Waals surface area contributed by atoms with Crippen molar-refractivity contribution >= 4 is 28.5 Å². The molecule has 3 rings (SSSR count). The van der Waals surface area contributed by atoms with E-state index in [2.05, 4.69) is 9.60 Å². The van der Waals surface area contributed by atoms with Crippen LogP contribution in [-0.4, -0.2) is 59.2 Å². The van der Waals surface area contributed by atoms with Gasteiger partial charge < -0.3 is 20.1 Å². The summed E-state index contributed by atoms with van der Waals surface area (Å²) in [5, 5.41) is 12.3. The molecule has 2 bridgehead atoms. The number of urea groups is 1. The Morgan fingerprint density at radius 1 is 1.33 bits per heavy atom. The average molecular weight is 401 g/mol. The normalized spacial score (nSPS) is 21.0. The first kappa shape index (κ1) is 18.9. The maximum Gasteiger partial charge on any atom is 0.418 e. The van der Waals surface area contributed by atoms with Crippen LogP contribution in [0.1, 0.15) is 30.1 Å². The Bertz CT molecular complexity index is 916. The van der Waals surface area contributed by atoms with Gasteiger partial charge in [0, 0.05) is 6.54 Å². The number of hydroxylamine groups is 2. The zero-order valence-electron chi connectivity index (χ0n) is 13.9. The summed E-state index contributed by atoms with van der Waals surface area (Å²) in [7, 11) is -5.02. The molecule has 1 saturated heterocycles. The number of ether oxygens (including phenoxy) is 1. The minimum Gasteiger partial charge on any atom is -0.479 e. The Labute approximate surface area is 153 Å². The van der Waals surface area contributed by atoms with Gasteiger partial charge >= 0.3 is 28.5 Å². The summed E-state index contributed by atoms with van der Waals surface area (Å²) in [4.78, 5) is 36.5. The molecule has 13 heteroatoms. The number of nitrogens with one attached hydrogen (secondary N) is 1. The second-order valence-electron chi connectivity index (χ2n) is 5.73. The molecule has 1 aromatic rings. The topological polar surface area (TPSA) is 163 Å². The Hall–Kier alpha value is -2.90. The van der Waals surface area contributed by atoms with Crippen LogP contribution in [0.4, 0.5) is 9.59 Å². The van der Waals surface area contributed by atoms with Gasteiger partial charge in [0.1, 0.15) is 11.8 Å². The van der Waals surface area contributed by atoms with Gasteiger partial charge in [-0.15, -0.1) is 4.28 Å². The van der Waals surface area contributed by atoms with Gasteiger partial charge in [-0.1, -0.05) is 6.07 Å². The molecule has 2 aliphatic heterocycles. The molecule has 3 N–H and O–H groups in total. The average Bonchev–Trinajstić information content (AvgIpc) is 2.81. The van der Waals surface area contributed by atoms with Crippen molar-refractivity contribution in [2.75, 3.05) is 13.1 Å². The van der Waals surface area contributed by atoms with Crippen LogP contribution in [0.3, 0.4) is 0 Å². The Kier molecular flexibility index (Phi) is 4.67. The molecule has 2 heterocycles. The van der Waals surface area contributed by atoms with E-state index in [-0.39, 0.29) is 23.4 Å². The fourth-order valence-corrected chi connectivity index (χ4v) is 3.47. The highest BCUT2D eigenvalue weighted by molar-refractivity contribution is 7.80. The summed E-state index contributed by atoms with van der Waals surface area (Å²) in [6.07, 6.45) is -0.738. The monoisotopic (exact) mass is 401 g/mol. The molecule has 1 aromatic carbocycles. The predicted molar refractivity (Wildman–Crippen MR) is 85.8 cm³/mol. The van der Waals surface area contributed by atoms with Gasteiger partial charge in [0.25, 0.3) is 0 Å². The van der Waals surface area contributed by atoms with E-state index in [1.54, 1.807) is 6.92 Å². The number of fused-ring (bicyclic) bond motifs is 4.